The SMILES string of the molecule is CCc1nc(Nc2ccc3[nH]ncc3c2)c2ccsc2n1. The number of aromatic amines is 1. The van der Waals surface area contributed by atoms with Gasteiger partial charge in [0.05, 0.1) is 17.1 Å². The van der Waals surface area contributed by atoms with Crippen LogP contribution in [0.1, 0.15) is 12.7 Å². The summed E-state index contributed by atoms with van der Waals surface area (Å²) in [6, 6.07) is 8.15. The molecule has 0 amide bonds. The summed E-state index contributed by atoms with van der Waals surface area (Å²) in [5, 5.41) is 14.6. The second kappa shape index (κ2) is 4.82. The van der Waals surface area contributed by atoms with Crippen LogP contribution in [0.15, 0.2) is 35.8 Å². The second-order valence-electron chi connectivity index (χ2n) is 4.78. The van der Waals surface area contributed by atoms with Crippen molar-refractivity contribution < 1.29 is 0 Å². The van der Waals surface area contributed by atoms with Gasteiger partial charge in [-0.2, -0.15) is 5.10 Å². The van der Waals surface area contributed by atoms with Crippen molar-refractivity contribution in [1.82, 2.24) is 20.2 Å². The molecule has 0 fully saturated rings. The van der Waals surface area contributed by atoms with Crippen LogP contribution in [-0.4, -0.2) is 20.2 Å². The van der Waals surface area contributed by atoms with Crippen molar-refractivity contribution in [3.05, 3.63) is 41.7 Å². The summed E-state index contributed by atoms with van der Waals surface area (Å²) in [6.45, 7) is 2.07. The number of thiophene rings is 1. The number of anilines is 2. The molecule has 0 saturated heterocycles. The third-order valence-electron chi connectivity index (χ3n) is 3.39. The highest BCUT2D eigenvalue weighted by atomic mass is 32.1. The molecule has 0 aliphatic heterocycles. The number of hydrogen-bond donors (Lipinski definition) is 2. The molecule has 21 heavy (non-hydrogen) atoms. The number of H-pyrrole nitrogens is 1. The van der Waals surface area contributed by atoms with Crippen LogP contribution in [0, 0.1) is 0 Å². The van der Waals surface area contributed by atoms with Crippen LogP contribution in [0.3, 0.4) is 0 Å². The van der Waals surface area contributed by atoms with Crippen LogP contribution in [0.2, 0.25) is 0 Å². The molecule has 0 radical (unpaired) electrons. The van der Waals surface area contributed by atoms with Gasteiger partial charge in [0.15, 0.2) is 0 Å². The van der Waals surface area contributed by atoms with Crippen molar-refractivity contribution in [2.45, 2.75) is 13.3 Å². The Balaban J connectivity index is 1.80. The van der Waals surface area contributed by atoms with E-state index in [0.717, 1.165) is 44.9 Å². The van der Waals surface area contributed by atoms with Crippen LogP contribution in [0.5, 0.6) is 0 Å². The second-order valence-corrected chi connectivity index (χ2v) is 5.67. The smallest absolute Gasteiger partial charge is 0.142 e. The van der Waals surface area contributed by atoms with Gasteiger partial charge < -0.3 is 5.32 Å². The Bertz CT molecular complexity index is 924. The fourth-order valence-electron chi connectivity index (χ4n) is 2.31. The number of hydrogen-bond acceptors (Lipinski definition) is 5. The maximum Gasteiger partial charge on any atom is 0.142 e. The van der Waals surface area contributed by atoms with Crippen molar-refractivity contribution >= 4 is 44.0 Å². The zero-order valence-electron chi connectivity index (χ0n) is 11.4. The molecule has 0 bridgehead atoms. The number of rotatable bonds is 3. The lowest BCUT2D eigenvalue weighted by molar-refractivity contribution is 0.967. The number of aryl methyl sites for hydroxylation is 1. The van der Waals surface area contributed by atoms with Crippen molar-refractivity contribution in [2.24, 2.45) is 0 Å². The Kier molecular flexibility index (Phi) is 2.82. The molecule has 5 nitrogen and oxygen atoms in total. The van der Waals surface area contributed by atoms with Gasteiger partial charge in [-0.25, -0.2) is 9.97 Å². The minimum Gasteiger partial charge on any atom is -0.340 e. The summed E-state index contributed by atoms with van der Waals surface area (Å²) < 4.78 is 0. The molecule has 3 heterocycles. The molecular weight excluding hydrogens is 282 g/mol. The zero-order chi connectivity index (χ0) is 14.2. The fraction of sp³-hybridized carbons (Fsp3) is 0.133. The van der Waals surface area contributed by atoms with Gasteiger partial charge in [0.25, 0.3) is 0 Å². The van der Waals surface area contributed by atoms with Crippen molar-refractivity contribution in [1.29, 1.82) is 0 Å². The van der Waals surface area contributed by atoms with E-state index in [4.69, 9.17) is 0 Å². The van der Waals surface area contributed by atoms with E-state index in [-0.39, 0.29) is 0 Å². The first-order chi connectivity index (χ1) is 10.3. The average Bonchev–Trinajstić information content (AvgIpc) is 3.14. The number of nitrogens with zero attached hydrogens (tertiary/aromatic N) is 3. The molecule has 0 saturated carbocycles. The molecule has 4 rings (SSSR count). The maximum absolute atomic E-state index is 4.62. The topological polar surface area (TPSA) is 66.5 Å². The van der Waals surface area contributed by atoms with Gasteiger partial charge in [-0.1, -0.05) is 6.92 Å². The van der Waals surface area contributed by atoms with Crippen molar-refractivity contribution in [3.63, 3.8) is 0 Å². The molecule has 2 N–H and O–H groups in total. The molecule has 3 aromatic heterocycles. The Morgan fingerprint density at radius 1 is 1.24 bits per heavy atom. The van der Waals surface area contributed by atoms with Crippen LogP contribution >= 0.6 is 11.3 Å². The number of nitrogens with one attached hydrogen (secondary N) is 2. The van der Waals surface area contributed by atoms with Crippen molar-refractivity contribution in [2.75, 3.05) is 5.32 Å². The molecule has 0 aliphatic carbocycles. The predicted molar refractivity (Wildman–Crippen MR) is 86.2 cm³/mol. The minimum absolute atomic E-state index is 0.823. The highest BCUT2D eigenvalue weighted by molar-refractivity contribution is 7.16. The quantitative estimate of drug-likeness (QED) is 0.602. The maximum atomic E-state index is 4.62. The van der Waals surface area contributed by atoms with E-state index < -0.39 is 0 Å². The summed E-state index contributed by atoms with van der Waals surface area (Å²) in [5.74, 6) is 1.72. The Hall–Kier alpha value is -2.47. The van der Waals surface area contributed by atoms with Crippen LogP contribution < -0.4 is 5.32 Å². The normalized spacial score (nSPS) is 11.3. The first-order valence-electron chi connectivity index (χ1n) is 6.78. The van der Waals surface area contributed by atoms with Crippen LogP contribution in [0.25, 0.3) is 21.1 Å². The molecular formula is C15H13N5S. The molecule has 0 aliphatic rings. The third-order valence-corrected chi connectivity index (χ3v) is 4.20. The highest BCUT2D eigenvalue weighted by Gasteiger charge is 2.09. The first kappa shape index (κ1) is 12.3. The number of aromatic nitrogens is 4. The summed E-state index contributed by atoms with van der Waals surface area (Å²) in [4.78, 5) is 10.2. The van der Waals surface area contributed by atoms with Crippen molar-refractivity contribution in [3.8, 4) is 0 Å². The van der Waals surface area contributed by atoms with E-state index in [1.165, 1.54) is 0 Å². The molecule has 0 unspecified atom stereocenters. The average molecular weight is 295 g/mol. The van der Waals surface area contributed by atoms with E-state index in [9.17, 15) is 0 Å². The van der Waals surface area contributed by atoms with Gasteiger partial charge in [-0.15, -0.1) is 11.3 Å². The largest absolute Gasteiger partial charge is 0.340 e. The third kappa shape index (κ3) is 2.13. The minimum atomic E-state index is 0.823. The lowest BCUT2D eigenvalue weighted by atomic mass is 10.2. The van der Waals surface area contributed by atoms with Gasteiger partial charge in [-0.3, -0.25) is 5.10 Å². The molecule has 104 valence electrons. The van der Waals surface area contributed by atoms with E-state index in [0.29, 0.717) is 0 Å². The highest BCUT2D eigenvalue weighted by Crippen LogP contribution is 2.28. The number of fused-ring (bicyclic) bond motifs is 2. The Morgan fingerprint density at radius 3 is 3.10 bits per heavy atom. The first-order valence-corrected chi connectivity index (χ1v) is 7.66. The summed E-state index contributed by atoms with van der Waals surface area (Å²) >= 11 is 1.64. The van der Waals surface area contributed by atoms with Crippen LogP contribution in [-0.2, 0) is 6.42 Å². The monoisotopic (exact) mass is 295 g/mol. The van der Waals surface area contributed by atoms with Gasteiger partial charge >= 0.3 is 0 Å². The Labute approximate surface area is 125 Å². The molecule has 1 aromatic carbocycles. The van der Waals surface area contributed by atoms with E-state index in [1.807, 2.05) is 23.7 Å². The summed E-state index contributed by atoms with van der Waals surface area (Å²) in [7, 11) is 0. The summed E-state index contributed by atoms with van der Waals surface area (Å²) in [6.07, 6.45) is 2.64. The molecule has 0 spiro atoms. The standard InChI is InChI=1S/C15H13N5S/c1-2-13-18-14(11-5-6-21-15(11)19-13)17-10-3-4-12-9(7-10)8-16-20-12/h3-8H,2H2,1H3,(H,16,20)(H,17,18,19). The van der Waals surface area contributed by atoms with Gasteiger partial charge in [0.2, 0.25) is 0 Å². The lowest BCUT2D eigenvalue weighted by Gasteiger charge is -2.08. The van der Waals surface area contributed by atoms with Gasteiger partial charge in [0.1, 0.15) is 16.5 Å². The summed E-state index contributed by atoms with van der Waals surface area (Å²) in [5.41, 5.74) is 2.02. The lowest BCUT2D eigenvalue weighted by Crippen LogP contribution is -1.99. The van der Waals surface area contributed by atoms with Crippen LogP contribution in [0.4, 0.5) is 11.5 Å². The van der Waals surface area contributed by atoms with Gasteiger partial charge in [0, 0.05) is 17.5 Å². The van der Waals surface area contributed by atoms with Gasteiger partial charge in [-0.05, 0) is 29.6 Å². The predicted octanol–water partition coefficient (Wildman–Crippen LogP) is 3.87. The number of benzene rings is 1. The van der Waals surface area contributed by atoms with E-state index in [1.54, 1.807) is 11.3 Å². The van der Waals surface area contributed by atoms with E-state index in [2.05, 4.69) is 44.5 Å². The fourth-order valence-corrected chi connectivity index (χ4v) is 3.09. The molecule has 6 heteroatoms. The van der Waals surface area contributed by atoms with E-state index >= 15 is 0 Å². The molecule has 0 atom stereocenters. The molecule has 4 aromatic rings. The Morgan fingerprint density at radius 2 is 2.19 bits per heavy atom. The zero-order valence-corrected chi connectivity index (χ0v) is 12.2.